The monoisotopic (exact) mass is 322 g/mol. The summed E-state index contributed by atoms with van der Waals surface area (Å²) >= 11 is 0. The molecule has 0 radical (unpaired) electrons. The average molecular weight is 322 g/mol. The molecule has 3 N–H and O–H groups in total. The number of rotatable bonds is 4. The molecule has 0 amide bonds. The van der Waals surface area contributed by atoms with Gasteiger partial charge in [0.1, 0.15) is 6.04 Å². The van der Waals surface area contributed by atoms with Gasteiger partial charge in [-0.1, -0.05) is 12.8 Å². The first-order chi connectivity index (χ1) is 11.1. The van der Waals surface area contributed by atoms with Crippen LogP contribution >= 0.6 is 0 Å². The summed E-state index contributed by atoms with van der Waals surface area (Å²) in [5, 5.41) is 13.4. The van der Waals surface area contributed by atoms with Gasteiger partial charge in [-0.05, 0) is 25.0 Å². The Morgan fingerprint density at radius 3 is 2.35 bits per heavy atom. The second kappa shape index (κ2) is 6.57. The third-order valence-corrected chi connectivity index (χ3v) is 5.57. The Bertz CT molecular complexity index is 533. The number of ether oxygens (including phenoxy) is 3. The molecule has 1 heterocycles. The van der Waals surface area contributed by atoms with E-state index in [1.54, 1.807) is 21.3 Å². The predicted molar refractivity (Wildman–Crippen MR) is 87.2 cm³/mol. The molecule has 3 rings (SSSR count). The predicted octanol–water partition coefficient (Wildman–Crippen LogP) is 1.64. The third-order valence-electron chi connectivity index (χ3n) is 5.57. The Morgan fingerprint density at radius 2 is 1.74 bits per heavy atom. The highest BCUT2D eigenvalue weighted by Gasteiger charge is 2.48. The van der Waals surface area contributed by atoms with Crippen molar-refractivity contribution in [3.8, 4) is 17.2 Å². The number of hydrogen-bond donors (Lipinski definition) is 2. The Labute approximate surface area is 137 Å². The van der Waals surface area contributed by atoms with Crippen molar-refractivity contribution in [3.05, 3.63) is 17.7 Å². The van der Waals surface area contributed by atoms with E-state index in [2.05, 4.69) is 5.32 Å². The van der Waals surface area contributed by atoms with Crippen LogP contribution in [0.3, 0.4) is 0 Å². The van der Waals surface area contributed by atoms with E-state index in [4.69, 9.17) is 14.2 Å². The summed E-state index contributed by atoms with van der Waals surface area (Å²) in [5.41, 5.74) is 0.627. The van der Waals surface area contributed by atoms with Crippen molar-refractivity contribution in [2.24, 2.45) is 5.92 Å². The highest BCUT2D eigenvalue weighted by molar-refractivity contribution is 5.54. The maximum Gasteiger partial charge on any atom is 0.203 e. The standard InChI is InChI=1S/C18H27NO4/c1-21-14-10-12(11-15(22-2)17(14)23-3)16-13-6-4-5-7-18(13,20)8-9-19-16/h10-11,13,16,19-20H,4-9H2,1-3H3/p+1. The van der Waals surface area contributed by atoms with Gasteiger partial charge in [-0.3, -0.25) is 0 Å². The van der Waals surface area contributed by atoms with E-state index in [1.165, 1.54) is 6.42 Å². The molecule has 1 saturated heterocycles. The first-order valence-electron chi connectivity index (χ1n) is 8.48. The SMILES string of the molecule is COc1cc(C2[NH2+]CCC3(O)CCCCC23)cc(OC)c1OC. The van der Waals surface area contributed by atoms with Gasteiger partial charge in [0.2, 0.25) is 5.75 Å². The zero-order valence-corrected chi connectivity index (χ0v) is 14.3. The Kier molecular flexibility index (Phi) is 4.69. The van der Waals surface area contributed by atoms with Crippen LogP contribution in [0.5, 0.6) is 17.2 Å². The lowest BCUT2D eigenvalue weighted by atomic mass is 9.67. The lowest BCUT2D eigenvalue weighted by Gasteiger charge is -2.46. The Balaban J connectivity index is 2.00. The van der Waals surface area contributed by atoms with E-state index in [9.17, 15) is 5.11 Å². The van der Waals surface area contributed by atoms with Crippen LogP contribution in [0.2, 0.25) is 0 Å². The largest absolute Gasteiger partial charge is 0.493 e. The van der Waals surface area contributed by atoms with Crippen molar-refractivity contribution >= 4 is 0 Å². The summed E-state index contributed by atoms with van der Waals surface area (Å²) in [7, 11) is 4.90. The van der Waals surface area contributed by atoms with Crippen LogP contribution in [-0.4, -0.2) is 38.6 Å². The van der Waals surface area contributed by atoms with Gasteiger partial charge in [0.25, 0.3) is 0 Å². The number of fused-ring (bicyclic) bond motifs is 1. The maximum absolute atomic E-state index is 11.1. The smallest absolute Gasteiger partial charge is 0.203 e. The fraction of sp³-hybridized carbons (Fsp3) is 0.667. The highest BCUT2D eigenvalue weighted by Crippen LogP contribution is 2.46. The molecule has 1 saturated carbocycles. The average Bonchev–Trinajstić information content (AvgIpc) is 2.59. The van der Waals surface area contributed by atoms with Crippen LogP contribution in [0, 0.1) is 5.92 Å². The zero-order valence-electron chi connectivity index (χ0n) is 14.3. The molecule has 23 heavy (non-hydrogen) atoms. The van der Waals surface area contributed by atoms with Crippen LogP contribution in [0.1, 0.15) is 43.7 Å². The molecule has 5 nitrogen and oxygen atoms in total. The highest BCUT2D eigenvalue weighted by atomic mass is 16.5. The summed E-state index contributed by atoms with van der Waals surface area (Å²) in [5.74, 6) is 2.27. The molecule has 2 fully saturated rings. The molecule has 128 valence electrons. The van der Waals surface area contributed by atoms with E-state index in [-0.39, 0.29) is 12.0 Å². The van der Waals surface area contributed by atoms with Crippen LogP contribution in [0.25, 0.3) is 0 Å². The summed E-state index contributed by atoms with van der Waals surface area (Å²) in [6, 6.07) is 4.30. The molecule has 3 atom stereocenters. The van der Waals surface area contributed by atoms with Gasteiger partial charge in [-0.2, -0.15) is 0 Å². The van der Waals surface area contributed by atoms with E-state index in [1.807, 2.05) is 12.1 Å². The van der Waals surface area contributed by atoms with E-state index in [0.29, 0.717) is 17.2 Å². The normalized spacial score (nSPS) is 30.4. The van der Waals surface area contributed by atoms with Crippen molar-refractivity contribution in [2.45, 2.75) is 43.7 Å². The topological polar surface area (TPSA) is 64.5 Å². The summed E-state index contributed by atoms with van der Waals surface area (Å²) < 4.78 is 16.4. The maximum atomic E-state index is 11.1. The minimum absolute atomic E-state index is 0.239. The van der Waals surface area contributed by atoms with E-state index >= 15 is 0 Å². The fourth-order valence-electron chi connectivity index (χ4n) is 4.41. The quantitative estimate of drug-likeness (QED) is 0.884. The molecule has 0 bridgehead atoms. The number of benzene rings is 1. The molecule has 1 aromatic rings. The molecule has 1 aliphatic heterocycles. The van der Waals surface area contributed by atoms with Crippen LogP contribution in [-0.2, 0) is 0 Å². The number of hydrogen-bond acceptors (Lipinski definition) is 4. The molecule has 0 aromatic heterocycles. The molecule has 0 spiro atoms. The summed E-state index contributed by atoms with van der Waals surface area (Å²) in [6.07, 6.45) is 5.22. The van der Waals surface area contributed by atoms with Gasteiger partial charge in [-0.25, -0.2) is 0 Å². The van der Waals surface area contributed by atoms with Crippen LogP contribution in [0.4, 0.5) is 0 Å². The second-order valence-corrected chi connectivity index (χ2v) is 6.71. The first kappa shape index (κ1) is 16.4. The summed E-state index contributed by atoms with van der Waals surface area (Å²) in [6.45, 7) is 0.953. The number of nitrogens with two attached hydrogens (primary N) is 1. The number of aliphatic hydroxyl groups is 1. The first-order valence-corrected chi connectivity index (χ1v) is 8.48. The zero-order chi connectivity index (χ0) is 16.4. The molecular weight excluding hydrogens is 294 g/mol. The lowest BCUT2D eigenvalue weighted by molar-refractivity contribution is -0.719. The van der Waals surface area contributed by atoms with E-state index in [0.717, 1.165) is 37.8 Å². The lowest BCUT2D eigenvalue weighted by Crippen LogP contribution is -2.91. The third kappa shape index (κ3) is 2.88. The number of quaternary nitrogens is 1. The van der Waals surface area contributed by atoms with Crippen molar-refractivity contribution in [1.29, 1.82) is 0 Å². The Hall–Kier alpha value is -1.46. The molecule has 2 aliphatic rings. The molecule has 3 unspecified atom stereocenters. The van der Waals surface area contributed by atoms with Crippen LogP contribution in [0.15, 0.2) is 12.1 Å². The van der Waals surface area contributed by atoms with Gasteiger partial charge < -0.3 is 24.6 Å². The van der Waals surface area contributed by atoms with Crippen molar-refractivity contribution in [1.82, 2.24) is 0 Å². The van der Waals surface area contributed by atoms with Gasteiger partial charge in [-0.15, -0.1) is 0 Å². The van der Waals surface area contributed by atoms with Gasteiger partial charge in [0.05, 0.1) is 33.5 Å². The van der Waals surface area contributed by atoms with Crippen LogP contribution < -0.4 is 19.5 Å². The van der Waals surface area contributed by atoms with Crippen molar-refractivity contribution in [2.75, 3.05) is 27.9 Å². The van der Waals surface area contributed by atoms with Gasteiger partial charge >= 0.3 is 0 Å². The molecule has 1 aromatic carbocycles. The number of piperidine rings is 1. The van der Waals surface area contributed by atoms with Crippen molar-refractivity contribution in [3.63, 3.8) is 0 Å². The second-order valence-electron chi connectivity index (χ2n) is 6.71. The number of methoxy groups -OCH3 is 3. The minimum atomic E-state index is -0.516. The molecule has 1 aliphatic carbocycles. The summed E-state index contributed by atoms with van der Waals surface area (Å²) in [4.78, 5) is 0. The van der Waals surface area contributed by atoms with E-state index < -0.39 is 5.60 Å². The fourth-order valence-corrected chi connectivity index (χ4v) is 4.41. The Morgan fingerprint density at radius 1 is 1.04 bits per heavy atom. The van der Waals surface area contributed by atoms with Gasteiger partial charge in [0.15, 0.2) is 11.5 Å². The molecule has 5 heteroatoms. The van der Waals surface area contributed by atoms with Gasteiger partial charge in [0, 0.05) is 17.9 Å². The minimum Gasteiger partial charge on any atom is -0.493 e. The van der Waals surface area contributed by atoms with Crippen molar-refractivity contribution < 1.29 is 24.6 Å². The molecular formula is C18H28NO4+.